The lowest BCUT2D eigenvalue weighted by molar-refractivity contribution is 0.601. The number of rotatable bonds is 2. The summed E-state index contributed by atoms with van der Waals surface area (Å²) in [6, 6.07) is 3.75. The van der Waals surface area contributed by atoms with Crippen LogP contribution in [0.15, 0.2) is 18.3 Å². The Morgan fingerprint density at radius 2 is 2.22 bits per heavy atom. The summed E-state index contributed by atoms with van der Waals surface area (Å²) in [6.45, 7) is 0.441. The zero-order valence-electron chi connectivity index (χ0n) is 9.78. The van der Waals surface area contributed by atoms with Crippen LogP contribution >= 0.6 is 0 Å². The first-order valence-electron chi connectivity index (χ1n) is 5.83. The number of nitrogens with zero attached hydrogens (tertiary/aromatic N) is 3. The first kappa shape index (κ1) is 11.6. The second-order valence-electron chi connectivity index (χ2n) is 4.63. The lowest BCUT2D eigenvalue weighted by Crippen LogP contribution is -2.08. The average Bonchev–Trinajstić information content (AvgIpc) is 2.91. The maximum absolute atomic E-state index is 11.5. The molecule has 2 aromatic rings. The fraction of sp³-hybridized carbons (Fsp3) is 0.455. The molecule has 96 valence electrons. The van der Waals surface area contributed by atoms with Crippen molar-refractivity contribution in [2.24, 2.45) is 5.73 Å². The summed E-state index contributed by atoms with van der Waals surface area (Å²) in [5.74, 6) is 1.07. The van der Waals surface area contributed by atoms with Crippen LogP contribution in [-0.2, 0) is 16.4 Å². The topological polar surface area (TPSA) is 90.3 Å². The molecule has 0 radical (unpaired) electrons. The van der Waals surface area contributed by atoms with Crippen LogP contribution in [0.4, 0.5) is 0 Å². The predicted octanol–water partition coefficient (Wildman–Crippen LogP) is 0.0901. The van der Waals surface area contributed by atoms with Crippen molar-refractivity contribution in [2.75, 3.05) is 11.5 Å². The Bertz CT molecular complexity index is 692. The van der Waals surface area contributed by atoms with E-state index in [1.165, 1.54) is 0 Å². The second kappa shape index (κ2) is 4.03. The number of nitrogens with two attached hydrogens (primary N) is 1. The molecule has 1 unspecified atom stereocenters. The molecule has 0 aliphatic carbocycles. The maximum Gasteiger partial charge on any atom is 0.160 e. The molecule has 2 aromatic heterocycles. The van der Waals surface area contributed by atoms with Gasteiger partial charge in [0.1, 0.15) is 5.82 Å². The number of hydrogen-bond donors (Lipinski definition) is 1. The van der Waals surface area contributed by atoms with Crippen molar-refractivity contribution in [1.29, 1.82) is 0 Å². The SMILES string of the molecule is NCc1ccc2nnc(C3CCS(=O)(=O)C3)n2c1. The van der Waals surface area contributed by atoms with E-state index in [4.69, 9.17) is 5.73 Å². The molecule has 1 aliphatic rings. The molecule has 1 atom stereocenters. The molecule has 0 bridgehead atoms. The van der Waals surface area contributed by atoms with Crippen molar-refractivity contribution >= 4 is 15.5 Å². The number of aromatic nitrogens is 3. The van der Waals surface area contributed by atoms with Crippen LogP contribution in [0.2, 0.25) is 0 Å². The molecular weight excluding hydrogens is 252 g/mol. The highest BCUT2D eigenvalue weighted by atomic mass is 32.2. The van der Waals surface area contributed by atoms with Crippen molar-refractivity contribution in [1.82, 2.24) is 14.6 Å². The van der Waals surface area contributed by atoms with Gasteiger partial charge < -0.3 is 5.73 Å². The third-order valence-electron chi connectivity index (χ3n) is 3.32. The largest absolute Gasteiger partial charge is 0.326 e. The van der Waals surface area contributed by atoms with Crippen LogP contribution in [0, 0.1) is 0 Å². The molecule has 6 nitrogen and oxygen atoms in total. The van der Waals surface area contributed by atoms with Gasteiger partial charge in [0.2, 0.25) is 0 Å². The standard InChI is InChI=1S/C11H14N4O2S/c12-5-8-1-2-10-13-14-11(15(10)6-8)9-3-4-18(16,17)7-9/h1-2,6,9H,3-5,7,12H2. The molecule has 7 heteroatoms. The Morgan fingerprint density at radius 3 is 2.89 bits per heavy atom. The fourth-order valence-corrected chi connectivity index (χ4v) is 4.09. The lowest BCUT2D eigenvalue weighted by Gasteiger charge is -2.06. The molecule has 1 aliphatic heterocycles. The van der Waals surface area contributed by atoms with Gasteiger partial charge in [0.05, 0.1) is 11.5 Å². The molecule has 0 spiro atoms. The Kier molecular flexibility index (Phi) is 2.60. The highest BCUT2D eigenvalue weighted by Crippen LogP contribution is 2.27. The summed E-state index contributed by atoms with van der Waals surface area (Å²) in [5.41, 5.74) is 7.31. The molecule has 3 heterocycles. The van der Waals surface area contributed by atoms with E-state index >= 15 is 0 Å². The summed E-state index contributed by atoms with van der Waals surface area (Å²) in [7, 11) is -2.91. The van der Waals surface area contributed by atoms with Gasteiger partial charge in [-0.1, -0.05) is 6.07 Å². The van der Waals surface area contributed by atoms with Crippen molar-refractivity contribution in [2.45, 2.75) is 18.9 Å². The summed E-state index contributed by atoms with van der Waals surface area (Å²) >= 11 is 0. The number of hydrogen-bond acceptors (Lipinski definition) is 5. The molecule has 1 fully saturated rings. The maximum atomic E-state index is 11.5. The Balaban J connectivity index is 2.07. The highest BCUT2D eigenvalue weighted by Gasteiger charge is 2.32. The Labute approximate surface area is 105 Å². The van der Waals surface area contributed by atoms with Gasteiger partial charge in [0.25, 0.3) is 0 Å². The second-order valence-corrected chi connectivity index (χ2v) is 6.86. The quantitative estimate of drug-likeness (QED) is 0.832. The van der Waals surface area contributed by atoms with Crippen LogP contribution in [-0.4, -0.2) is 34.5 Å². The zero-order valence-corrected chi connectivity index (χ0v) is 10.6. The molecule has 18 heavy (non-hydrogen) atoms. The zero-order chi connectivity index (χ0) is 12.8. The molecule has 1 saturated heterocycles. The Morgan fingerprint density at radius 1 is 1.39 bits per heavy atom. The minimum Gasteiger partial charge on any atom is -0.326 e. The molecule has 0 aromatic carbocycles. The van der Waals surface area contributed by atoms with E-state index in [1.807, 2.05) is 22.7 Å². The summed E-state index contributed by atoms with van der Waals surface area (Å²) < 4.78 is 24.9. The van der Waals surface area contributed by atoms with Crippen molar-refractivity contribution in [3.05, 3.63) is 29.7 Å². The number of fused-ring (bicyclic) bond motifs is 1. The van der Waals surface area contributed by atoms with Crippen LogP contribution in [0.5, 0.6) is 0 Å². The van der Waals surface area contributed by atoms with Gasteiger partial charge in [-0.15, -0.1) is 10.2 Å². The van der Waals surface area contributed by atoms with Gasteiger partial charge in [0, 0.05) is 18.7 Å². The predicted molar refractivity (Wildman–Crippen MR) is 66.9 cm³/mol. The minimum absolute atomic E-state index is 0.0574. The first-order chi connectivity index (χ1) is 8.59. The molecule has 0 saturated carbocycles. The van der Waals surface area contributed by atoms with E-state index in [-0.39, 0.29) is 17.4 Å². The van der Waals surface area contributed by atoms with Gasteiger partial charge in [0.15, 0.2) is 15.5 Å². The monoisotopic (exact) mass is 266 g/mol. The summed E-state index contributed by atoms with van der Waals surface area (Å²) in [5, 5.41) is 8.19. The smallest absolute Gasteiger partial charge is 0.160 e. The van der Waals surface area contributed by atoms with Crippen molar-refractivity contribution < 1.29 is 8.42 Å². The fourth-order valence-electron chi connectivity index (χ4n) is 2.35. The third kappa shape index (κ3) is 1.89. The van der Waals surface area contributed by atoms with E-state index < -0.39 is 9.84 Å². The summed E-state index contributed by atoms with van der Waals surface area (Å²) in [4.78, 5) is 0. The van der Waals surface area contributed by atoms with Gasteiger partial charge in [-0.05, 0) is 18.1 Å². The van der Waals surface area contributed by atoms with Crippen molar-refractivity contribution in [3.8, 4) is 0 Å². The lowest BCUT2D eigenvalue weighted by atomic mass is 10.1. The van der Waals surface area contributed by atoms with E-state index in [0.717, 1.165) is 17.0 Å². The highest BCUT2D eigenvalue weighted by molar-refractivity contribution is 7.91. The van der Waals surface area contributed by atoms with Crippen LogP contribution in [0.1, 0.15) is 23.7 Å². The summed E-state index contributed by atoms with van der Waals surface area (Å²) in [6.07, 6.45) is 2.51. The average molecular weight is 266 g/mol. The van der Waals surface area contributed by atoms with Crippen molar-refractivity contribution in [3.63, 3.8) is 0 Å². The van der Waals surface area contributed by atoms with Gasteiger partial charge in [-0.3, -0.25) is 4.40 Å². The number of pyridine rings is 1. The number of sulfone groups is 1. The van der Waals surface area contributed by atoms with E-state index in [0.29, 0.717) is 13.0 Å². The minimum atomic E-state index is -2.91. The Hall–Kier alpha value is -1.47. The first-order valence-corrected chi connectivity index (χ1v) is 7.65. The van der Waals surface area contributed by atoms with Crippen LogP contribution < -0.4 is 5.73 Å². The molecule has 2 N–H and O–H groups in total. The third-order valence-corrected chi connectivity index (χ3v) is 5.09. The van der Waals surface area contributed by atoms with Gasteiger partial charge in [-0.2, -0.15) is 0 Å². The molecule has 3 rings (SSSR count). The van der Waals surface area contributed by atoms with Crippen LogP contribution in [0.3, 0.4) is 0 Å². The van der Waals surface area contributed by atoms with E-state index in [1.54, 1.807) is 0 Å². The van der Waals surface area contributed by atoms with Gasteiger partial charge in [-0.25, -0.2) is 8.42 Å². The molecular formula is C11H14N4O2S. The molecule has 0 amide bonds. The van der Waals surface area contributed by atoms with E-state index in [9.17, 15) is 8.42 Å². The van der Waals surface area contributed by atoms with Gasteiger partial charge >= 0.3 is 0 Å². The van der Waals surface area contributed by atoms with E-state index in [2.05, 4.69) is 10.2 Å². The van der Waals surface area contributed by atoms with Crippen LogP contribution in [0.25, 0.3) is 5.65 Å². The normalized spacial score (nSPS) is 22.6.